The Morgan fingerprint density at radius 3 is 2.79 bits per heavy atom. The van der Waals surface area contributed by atoms with Crippen LogP contribution >= 0.6 is 0 Å². The fraction of sp³-hybridized carbons (Fsp3) is 0.500. The van der Waals surface area contributed by atoms with Crippen LogP contribution < -0.4 is 0 Å². The molecule has 0 bridgehead atoms. The number of carbonyl (C=O) groups excluding carboxylic acids is 2. The Morgan fingerprint density at radius 1 is 1.29 bits per heavy atom. The fourth-order valence-corrected chi connectivity index (χ4v) is 4.05. The van der Waals surface area contributed by atoms with Gasteiger partial charge in [0.25, 0.3) is 0 Å². The fourth-order valence-electron chi connectivity index (χ4n) is 4.05. The summed E-state index contributed by atoms with van der Waals surface area (Å²) in [5.74, 6) is 0.720. The predicted molar refractivity (Wildman–Crippen MR) is 103 cm³/mol. The number of hydrogen-bond donors (Lipinski definition) is 0. The van der Waals surface area contributed by atoms with E-state index in [2.05, 4.69) is 5.16 Å². The van der Waals surface area contributed by atoms with Crippen molar-refractivity contribution in [2.24, 2.45) is 11.3 Å². The number of carbonyl (C=O) groups is 2. The molecule has 6 heteroatoms. The molecular formula is C22H26N2O4. The molecule has 1 aromatic carbocycles. The van der Waals surface area contributed by atoms with Gasteiger partial charge in [-0.2, -0.15) is 0 Å². The number of esters is 1. The molecule has 148 valence electrons. The number of rotatable bonds is 6. The summed E-state index contributed by atoms with van der Waals surface area (Å²) < 4.78 is 11.0. The number of nitrogens with zero attached hydrogens (tertiary/aromatic N) is 2. The quantitative estimate of drug-likeness (QED) is 0.716. The van der Waals surface area contributed by atoms with Gasteiger partial charge >= 0.3 is 5.97 Å². The highest BCUT2D eigenvalue weighted by molar-refractivity contribution is 5.83. The van der Waals surface area contributed by atoms with E-state index < -0.39 is 5.41 Å². The maximum absolute atomic E-state index is 12.9. The van der Waals surface area contributed by atoms with Crippen LogP contribution in [0.3, 0.4) is 0 Å². The molecule has 0 N–H and O–H groups in total. The molecule has 1 saturated carbocycles. The average Bonchev–Trinajstić information content (AvgIpc) is 3.47. The molecule has 1 aromatic heterocycles. The Hall–Kier alpha value is -2.63. The summed E-state index contributed by atoms with van der Waals surface area (Å²) >= 11 is 0. The van der Waals surface area contributed by atoms with Crippen LogP contribution in [-0.2, 0) is 20.7 Å². The lowest BCUT2D eigenvalue weighted by atomic mass is 9.76. The van der Waals surface area contributed by atoms with Gasteiger partial charge in [0.2, 0.25) is 5.91 Å². The minimum absolute atomic E-state index is 0.146. The lowest BCUT2D eigenvalue weighted by Crippen LogP contribution is -2.52. The van der Waals surface area contributed by atoms with E-state index in [0.717, 1.165) is 30.5 Å². The molecule has 1 saturated heterocycles. The predicted octanol–water partition coefficient (Wildman–Crippen LogP) is 3.47. The molecule has 2 aromatic rings. The summed E-state index contributed by atoms with van der Waals surface area (Å²) in [6.07, 6.45) is 3.78. The van der Waals surface area contributed by atoms with Gasteiger partial charge in [-0.3, -0.25) is 9.59 Å². The molecule has 0 spiro atoms. The summed E-state index contributed by atoms with van der Waals surface area (Å²) in [5, 5.41) is 4.17. The maximum atomic E-state index is 12.9. The first-order chi connectivity index (χ1) is 13.6. The minimum Gasteiger partial charge on any atom is -0.466 e. The van der Waals surface area contributed by atoms with Crippen LogP contribution in [-0.4, -0.2) is 41.6 Å². The van der Waals surface area contributed by atoms with Crippen molar-refractivity contribution in [1.82, 2.24) is 10.1 Å². The molecule has 1 atom stereocenters. The summed E-state index contributed by atoms with van der Waals surface area (Å²) in [7, 11) is 0. The van der Waals surface area contributed by atoms with E-state index in [4.69, 9.17) is 9.26 Å². The highest BCUT2D eigenvalue weighted by Crippen LogP contribution is 2.39. The molecule has 4 rings (SSSR count). The molecule has 28 heavy (non-hydrogen) atoms. The zero-order chi connectivity index (χ0) is 19.6. The third-order valence-corrected chi connectivity index (χ3v) is 5.66. The summed E-state index contributed by atoms with van der Waals surface area (Å²) in [4.78, 5) is 27.4. The molecule has 6 nitrogen and oxygen atoms in total. The topological polar surface area (TPSA) is 72.6 Å². The van der Waals surface area contributed by atoms with Crippen molar-refractivity contribution < 1.29 is 18.8 Å². The monoisotopic (exact) mass is 382 g/mol. The van der Waals surface area contributed by atoms with Gasteiger partial charge in [0.05, 0.1) is 12.0 Å². The van der Waals surface area contributed by atoms with Crippen LogP contribution in [0, 0.1) is 11.3 Å². The van der Waals surface area contributed by atoms with Crippen molar-refractivity contribution in [1.29, 1.82) is 0 Å². The number of amides is 1. The van der Waals surface area contributed by atoms with Crippen LogP contribution in [0.1, 0.15) is 38.4 Å². The van der Waals surface area contributed by atoms with Crippen molar-refractivity contribution in [2.45, 2.75) is 39.0 Å². The third kappa shape index (κ3) is 3.81. The SMILES string of the molecule is CCOC(=O)C1(Cc2cc(-c3ccccc3)no2)CCCN(C(=O)C2CC2)C1. The molecule has 1 aliphatic heterocycles. The van der Waals surface area contributed by atoms with Crippen LogP contribution in [0.25, 0.3) is 11.3 Å². The van der Waals surface area contributed by atoms with E-state index in [1.165, 1.54) is 0 Å². The van der Waals surface area contributed by atoms with Crippen molar-refractivity contribution in [3.63, 3.8) is 0 Å². The normalized spacial score (nSPS) is 22.1. The highest BCUT2D eigenvalue weighted by atomic mass is 16.5. The first-order valence-electron chi connectivity index (χ1n) is 10.1. The van der Waals surface area contributed by atoms with Crippen molar-refractivity contribution in [3.05, 3.63) is 42.2 Å². The molecule has 1 unspecified atom stereocenters. The molecular weight excluding hydrogens is 356 g/mol. The second-order valence-electron chi connectivity index (χ2n) is 7.86. The Kier molecular flexibility index (Phi) is 5.20. The maximum Gasteiger partial charge on any atom is 0.314 e. The van der Waals surface area contributed by atoms with Crippen molar-refractivity contribution >= 4 is 11.9 Å². The Morgan fingerprint density at radius 2 is 2.07 bits per heavy atom. The number of ether oxygens (including phenoxy) is 1. The van der Waals surface area contributed by atoms with E-state index in [1.54, 1.807) is 0 Å². The van der Waals surface area contributed by atoms with Crippen LogP contribution in [0.5, 0.6) is 0 Å². The number of aromatic nitrogens is 1. The number of piperidine rings is 1. The Bertz CT molecular complexity index is 843. The van der Waals surface area contributed by atoms with Crippen molar-refractivity contribution in [3.8, 4) is 11.3 Å². The lowest BCUT2D eigenvalue weighted by molar-refractivity contribution is -0.161. The summed E-state index contributed by atoms with van der Waals surface area (Å²) in [5.41, 5.74) is 0.944. The second-order valence-corrected chi connectivity index (χ2v) is 7.86. The third-order valence-electron chi connectivity index (χ3n) is 5.66. The van der Waals surface area contributed by atoms with Gasteiger partial charge in [-0.25, -0.2) is 0 Å². The molecule has 1 aliphatic carbocycles. The van der Waals surface area contributed by atoms with E-state index in [9.17, 15) is 9.59 Å². The van der Waals surface area contributed by atoms with Gasteiger partial charge in [0, 0.05) is 37.1 Å². The Balaban J connectivity index is 1.57. The molecule has 0 radical (unpaired) electrons. The van der Waals surface area contributed by atoms with Gasteiger partial charge < -0.3 is 14.2 Å². The van der Waals surface area contributed by atoms with Crippen LogP contribution in [0.15, 0.2) is 40.9 Å². The largest absolute Gasteiger partial charge is 0.466 e. The molecule has 2 fully saturated rings. The highest BCUT2D eigenvalue weighted by Gasteiger charge is 2.47. The Labute approximate surface area is 164 Å². The second kappa shape index (κ2) is 7.78. The first-order valence-corrected chi connectivity index (χ1v) is 10.1. The number of benzene rings is 1. The standard InChI is InChI=1S/C22H26N2O4/c1-2-27-21(26)22(11-6-12-24(15-22)20(25)17-9-10-17)14-18-13-19(23-28-18)16-7-4-3-5-8-16/h3-5,7-8,13,17H,2,6,9-12,14-15H2,1H3. The molecule has 1 amide bonds. The first kappa shape index (κ1) is 18.7. The number of likely N-dealkylation sites (tertiary alicyclic amines) is 1. The summed E-state index contributed by atoms with van der Waals surface area (Å²) in [6.45, 7) is 3.23. The van der Waals surface area contributed by atoms with Gasteiger partial charge in [0.1, 0.15) is 11.5 Å². The zero-order valence-corrected chi connectivity index (χ0v) is 16.2. The van der Waals surface area contributed by atoms with Gasteiger partial charge in [-0.05, 0) is 32.6 Å². The van der Waals surface area contributed by atoms with Gasteiger partial charge in [-0.15, -0.1) is 0 Å². The number of hydrogen-bond acceptors (Lipinski definition) is 5. The average molecular weight is 382 g/mol. The van der Waals surface area contributed by atoms with E-state index in [1.807, 2.05) is 48.2 Å². The van der Waals surface area contributed by atoms with Crippen molar-refractivity contribution in [2.75, 3.05) is 19.7 Å². The van der Waals surface area contributed by atoms with Gasteiger partial charge in [-0.1, -0.05) is 35.5 Å². The van der Waals surface area contributed by atoms with Gasteiger partial charge in [0.15, 0.2) is 0 Å². The van der Waals surface area contributed by atoms with E-state index in [0.29, 0.717) is 38.3 Å². The minimum atomic E-state index is -0.772. The molecule has 2 aliphatic rings. The van der Waals surface area contributed by atoms with E-state index >= 15 is 0 Å². The molecule has 2 heterocycles. The zero-order valence-electron chi connectivity index (χ0n) is 16.2. The lowest BCUT2D eigenvalue weighted by Gasteiger charge is -2.40. The summed E-state index contributed by atoms with van der Waals surface area (Å²) in [6, 6.07) is 11.7. The smallest absolute Gasteiger partial charge is 0.314 e. The van der Waals surface area contributed by atoms with Crippen LogP contribution in [0.2, 0.25) is 0 Å². The van der Waals surface area contributed by atoms with E-state index in [-0.39, 0.29) is 17.8 Å². The van der Waals surface area contributed by atoms with Crippen LogP contribution in [0.4, 0.5) is 0 Å².